The molecule has 96 valence electrons. The van der Waals surface area contributed by atoms with Gasteiger partial charge in [0.05, 0.1) is 7.11 Å². The van der Waals surface area contributed by atoms with Gasteiger partial charge in [0.1, 0.15) is 5.75 Å². The van der Waals surface area contributed by atoms with Crippen LogP contribution in [0, 0.1) is 6.92 Å². The van der Waals surface area contributed by atoms with Gasteiger partial charge in [0.15, 0.2) is 0 Å². The van der Waals surface area contributed by atoms with Crippen molar-refractivity contribution in [1.29, 1.82) is 0 Å². The Kier molecular flexibility index (Phi) is 6.01. The highest BCUT2D eigenvalue weighted by Crippen LogP contribution is 2.19. The van der Waals surface area contributed by atoms with Crippen LogP contribution in [0.1, 0.15) is 30.9 Å². The highest BCUT2D eigenvalue weighted by atomic mass is 16.5. The standard InChI is InChI=1S/C14H24N2O/c1-11-6-7-14(17-3)13(9-11)10-16-8-4-5-12(2)15/h6-7,9,12,16H,4-5,8,10,15H2,1-3H3. The van der Waals surface area contributed by atoms with E-state index in [1.54, 1.807) is 7.11 Å². The Balaban J connectivity index is 2.37. The molecule has 1 rings (SSSR count). The first kappa shape index (κ1) is 14.0. The maximum atomic E-state index is 5.70. The number of ether oxygens (including phenoxy) is 1. The van der Waals surface area contributed by atoms with E-state index in [0.29, 0.717) is 6.04 Å². The number of aryl methyl sites for hydroxylation is 1. The van der Waals surface area contributed by atoms with Crippen LogP contribution in [0.2, 0.25) is 0 Å². The highest BCUT2D eigenvalue weighted by molar-refractivity contribution is 5.36. The lowest BCUT2D eigenvalue weighted by Gasteiger charge is -2.11. The van der Waals surface area contributed by atoms with Crippen LogP contribution >= 0.6 is 0 Å². The van der Waals surface area contributed by atoms with E-state index in [1.165, 1.54) is 11.1 Å². The van der Waals surface area contributed by atoms with Gasteiger partial charge in [-0.1, -0.05) is 17.7 Å². The fraction of sp³-hybridized carbons (Fsp3) is 0.571. The second kappa shape index (κ2) is 7.30. The molecule has 3 N–H and O–H groups in total. The number of nitrogens with two attached hydrogens (primary N) is 1. The third-order valence-electron chi connectivity index (χ3n) is 2.76. The van der Waals surface area contributed by atoms with Crippen molar-refractivity contribution in [3.8, 4) is 5.75 Å². The minimum absolute atomic E-state index is 0.297. The summed E-state index contributed by atoms with van der Waals surface area (Å²) in [6.07, 6.45) is 2.18. The molecule has 0 spiro atoms. The van der Waals surface area contributed by atoms with Crippen molar-refractivity contribution in [2.24, 2.45) is 5.73 Å². The van der Waals surface area contributed by atoms with E-state index in [4.69, 9.17) is 10.5 Å². The molecule has 1 aromatic carbocycles. The van der Waals surface area contributed by atoms with E-state index in [0.717, 1.165) is 31.7 Å². The number of benzene rings is 1. The first-order chi connectivity index (χ1) is 8.13. The molecule has 1 unspecified atom stereocenters. The molecule has 0 amide bonds. The van der Waals surface area contributed by atoms with Crippen LogP contribution in [-0.4, -0.2) is 19.7 Å². The summed E-state index contributed by atoms with van der Waals surface area (Å²) in [5, 5.41) is 3.42. The van der Waals surface area contributed by atoms with Gasteiger partial charge < -0.3 is 15.8 Å². The molecule has 0 aliphatic rings. The molecule has 3 nitrogen and oxygen atoms in total. The van der Waals surface area contributed by atoms with Crippen molar-refractivity contribution in [2.75, 3.05) is 13.7 Å². The smallest absolute Gasteiger partial charge is 0.123 e. The van der Waals surface area contributed by atoms with Crippen LogP contribution in [0.5, 0.6) is 5.75 Å². The van der Waals surface area contributed by atoms with E-state index in [9.17, 15) is 0 Å². The van der Waals surface area contributed by atoms with Gasteiger partial charge in [-0.2, -0.15) is 0 Å². The summed E-state index contributed by atoms with van der Waals surface area (Å²) in [5.41, 5.74) is 8.18. The second-order valence-electron chi connectivity index (χ2n) is 4.61. The second-order valence-corrected chi connectivity index (χ2v) is 4.61. The normalized spacial score (nSPS) is 12.5. The first-order valence-corrected chi connectivity index (χ1v) is 6.23. The number of methoxy groups -OCH3 is 1. The van der Waals surface area contributed by atoms with Crippen LogP contribution in [0.4, 0.5) is 0 Å². The molecule has 1 aromatic rings. The van der Waals surface area contributed by atoms with Crippen molar-refractivity contribution >= 4 is 0 Å². The summed E-state index contributed by atoms with van der Waals surface area (Å²) in [6.45, 7) is 5.99. The van der Waals surface area contributed by atoms with E-state index in [1.807, 2.05) is 13.0 Å². The van der Waals surface area contributed by atoms with E-state index >= 15 is 0 Å². The van der Waals surface area contributed by atoms with E-state index in [2.05, 4.69) is 24.4 Å². The van der Waals surface area contributed by atoms with Crippen LogP contribution < -0.4 is 15.8 Å². The monoisotopic (exact) mass is 236 g/mol. The average molecular weight is 236 g/mol. The zero-order valence-corrected chi connectivity index (χ0v) is 11.1. The third kappa shape index (κ3) is 5.20. The third-order valence-corrected chi connectivity index (χ3v) is 2.76. The largest absolute Gasteiger partial charge is 0.496 e. The van der Waals surface area contributed by atoms with Crippen molar-refractivity contribution in [3.05, 3.63) is 29.3 Å². The predicted octanol–water partition coefficient (Wildman–Crippen LogP) is 2.22. The topological polar surface area (TPSA) is 47.3 Å². The maximum absolute atomic E-state index is 5.70. The number of nitrogens with one attached hydrogen (secondary N) is 1. The molecule has 17 heavy (non-hydrogen) atoms. The molecule has 1 atom stereocenters. The first-order valence-electron chi connectivity index (χ1n) is 6.23. The summed E-state index contributed by atoms with van der Waals surface area (Å²) in [5.74, 6) is 0.954. The molecule has 0 radical (unpaired) electrons. The SMILES string of the molecule is COc1ccc(C)cc1CNCCCC(C)N. The minimum Gasteiger partial charge on any atom is -0.496 e. The van der Waals surface area contributed by atoms with Crippen molar-refractivity contribution in [3.63, 3.8) is 0 Å². The molecule has 0 aliphatic heterocycles. The molecular weight excluding hydrogens is 212 g/mol. The number of hydrogen-bond donors (Lipinski definition) is 2. The maximum Gasteiger partial charge on any atom is 0.123 e. The molecule has 0 saturated heterocycles. The molecule has 0 heterocycles. The van der Waals surface area contributed by atoms with Gasteiger partial charge in [-0.15, -0.1) is 0 Å². The Morgan fingerprint density at radius 1 is 1.41 bits per heavy atom. The van der Waals surface area contributed by atoms with Gasteiger partial charge >= 0.3 is 0 Å². The summed E-state index contributed by atoms with van der Waals surface area (Å²) < 4.78 is 5.34. The molecule has 0 saturated carbocycles. The van der Waals surface area contributed by atoms with E-state index < -0.39 is 0 Å². The molecule has 3 heteroatoms. The van der Waals surface area contributed by atoms with Gasteiger partial charge in [-0.05, 0) is 39.3 Å². The van der Waals surface area contributed by atoms with Gasteiger partial charge in [-0.3, -0.25) is 0 Å². The highest BCUT2D eigenvalue weighted by Gasteiger charge is 2.02. The van der Waals surface area contributed by atoms with Crippen LogP contribution in [-0.2, 0) is 6.54 Å². The van der Waals surface area contributed by atoms with Crippen LogP contribution in [0.15, 0.2) is 18.2 Å². The lowest BCUT2D eigenvalue weighted by atomic mass is 10.1. The zero-order chi connectivity index (χ0) is 12.7. The Hall–Kier alpha value is -1.06. The van der Waals surface area contributed by atoms with Gasteiger partial charge in [-0.25, -0.2) is 0 Å². The van der Waals surface area contributed by atoms with Gasteiger partial charge in [0.2, 0.25) is 0 Å². The molecule has 0 aromatic heterocycles. The Morgan fingerprint density at radius 3 is 2.82 bits per heavy atom. The average Bonchev–Trinajstić information content (AvgIpc) is 2.28. The fourth-order valence-electron chi connectivity index (χ4n) is 1.82. The lowest BCUT2D eigenvalue weighted by molar-refractivity contribution is 0.407. The summed E-state index contributed by atoms with van der Waals surface area (Å²) in [7, 11) is 1.71. The van der Waals surface area contributed by atoms with Crippen molar-refractivity contribution < 1.29 is 4.74 Å². The van der Waals surface area contributed by atoms with Gasteiger partial charge in [0, 0.05) is 18.2 Å². The molecule has 0 bridgehead atoms. The zero-order valence-electron chi connectivity index (χ0n) is 11.1. The number of hydrogen-bond acceptors (Lipinski definition) is 3. The Bertz CT molecular complexity index is 337. The van der Waals surface area contributed by atoms with Gasteiger partial charge in [0.25, 0.3) is 0 Å². The predicted molar refractivity (Wildman–Crippen MR) is 72.3 cm³/mol. The molecule has 0 fully saturated rings. The Labute approximate surface area is 104 Å². The van der Waals surface area contributed by atoms with Crippen molar-refractivity contribution in [2.45, 2.75) is 39.3 Å². The molecular formula is C14H24N2O. The van der Waals surface area contributed by atoms with Crippen LogP contribution in [0.3, 0.4) is 0 Å². The summed E-state index contributed by atoms with van der Waals surface area (Å²) in [4.78, 5) is 0. The fourth-order valence-corrected chi connectivity index (χ4v) is 1.82. The molecule has 0 aliphatic carbocycles. The minimum atomic E-state index is 0.297. The summed E-state index contributed by atoms with van der Waals surface area (Å²) in [6, 6.07) is 6.55. The van der Waals surface area contributed by atoms with Crippen molar-refractivity contribution in [1.82, 2.24) is 5.32 Å². The summed E-state index contributed by atoms with van der Waals surface area (Å²) >= 11 is 0. The number of rotatable bonds is 7. The quantitative estimate of drug-likeness (QED) is 0.714. The lowest BCUT2D eigenvalue weighted by Crippen LogP contribution is -2.20. The Morgan fingerprint density at radius 2 is 2.18 bits per heavy atom. The van der Waals surface area contributed by atoms with E-state index in [-0.39, 0.29) is 0 Å². The van der Waals surface area contributed by atoms with Crippen LogP contribution in [0.25, 0.3) is 0 Å².